The molecule has 7 nitrogen and oxygen atoms in total. The van der Waals surface area contributed by atoms with Gasteiger partial charge in [-0.2, -0.15) is 0 Å². The molecule has 2 amide bonds. The van der Waals surface area contributed by atoms with E-state index in [1.807, 2.05) is 0 Å². The standard InChI is InChI=1S/C19H27FN2O5S/c1-13(28(25,26)16-7-5-14(20)6-8-16)17(23)22-11-9-15(10-12-22)21-18(24)27-19(2,3)4/h5-8,13,15H,9-12H2,1-4H3,(H,21,24). The van der Waals surface area contributed by atoms with Crippen LogP contribution in [0.1, 0.15) is 40.5 Å². The van der Waals surface area contributed by atoms with Gasteiger partial charge >= 0.3 is 6.09 Å². The summed E-state index contributed by atoms with van der Waals surface area (Å²) in [6.45, 7) is 7.33. The zero-order valence-electron chi connectivity index (χ0n) is 16.6. The molecule has 1 atom stereocenters. The minimum absolute atomic E-state index is 0.0868. The number of likely N-dealkylation sites (tertiary alicyclic amines) is 1. The van der Waals surface area contributed by atoms with Gasteiger partial charge in [0.05, 0.1) is 4.90 Å². The van der Waals surface area contributed by atoms with Crippen molar-refractivity contribution in [2.45, 2.75) is 62.3 Å². The Bertz CT molecular complexity index is 810. The molecular formula is C19H27FN2O5S. The van der Waals surface area contributed by atoms with Crippen molar-refractivity contribution in [3.63, 3.8) is 0 Å². The summed E-state index contributed by atoms with van der Waals surface area (Å²) < 4.78 is 43.5. The highest BCUT2D eigenvalue weighted by Gasteiger charge is 2.35. The van der Waals surface area contributed by atoms with Crippen molar-refractivity contribution in [2.24, 2.45) is 0 Å². The summed E-state index contributed by atoms with van der Waals surface area (Å²) in [6.07, 6.45) is 0.507. The molecule has 156 valence electrons. The first kappa shape index (κ1) is 22.1. The number of benzene rings is 1. The number of carbonyl (C=O) groups is 2. The molecule has 1 aliphatic rings. The van der Waals surface area contributed by atoms with Crippen LogP contribution in [0, 0.1) is 5.82 Å². The monoisotopic (exact) mass is 414 g/mol. The molecule has 2 rings (SSSR count). The third-order valence-electron chi connectivity index (χ3n) is 4.48. The molecule has 1 heterocycles. The smallest absolute Gasteiger partial charge is 0.407 e. The Kier molecular flexibility index (Phi) is 6.69. The van der Waals surface area contributed by atoms with Gasteiger partial charge in [-0.1, -0.05) is 0 Å². The quantitative estimate of drug-likeness (QED) is 0.764. The fourth-order valence-corrected chi connectivity index (χ4v) is 4.27. The van der Waals surface area contributed by atoms with Gasteiger partial charge in [-0.05, 0) is 64.8 Å². The topological polar surface area (TPSA) is 92.8 Å². The maximum Gasteiger partial charge on any atom is 0.407 e. The largest absolute Gasteiger partial charge is 0.444 e. The molecule has 1 aromatic carbocycles. The molecular weight excluding hydrogens is 387 g/mol. The zero-order valence-corrected chi connectivity index (χ0v) is 17.4. The summed E-state index contributed by atoms with van der Waals surface area (Å²) in [6, 6.07) is 4.29. The van der Waals surface area contributed by atoms with E-state index in [4.69, 9.17) is 4.74 Å². The van der Waals surface area contributed by atoms with Gasteiger partial charge in [0.25, 0.3) is 0 Å². The van der Waals surface area contributed by atoms with Crippen molar-refractivity contribution in [1.82, 2.24) is 10.2 Å². The fourth-order valence-electron chi connectivity index (χ4n) is 2.94. The Hall–Kier alpha value is -2.16. The van der Waals surface area contributed by atoms with Crippen LogP contribution in [-0.2, 0) is 19.4 Å². The number of carbonyl (C=O) groups excluding carboxylic acids is 2. The Morgan fingerprint density at radius 2 is 1.71 bits per heavy atom. The number of ether oxygens (including phenoxy) is 1. The van der Waals surface area contributed by atoms with Crippen LogP contribution in [0.25, 0.3) is 0 Å². The molecule has 0 aliphatic carbocycles. The highest BCUT2D eigenvalue weighted by atomic mass is 32.2. The molecule has 0 bridgehead atoms. The Balaban J connectivity index is 1.94. The minimum atomic E-state index is -3.90. The van der Waals surface area contributed by atoms with Crippen LogP contribution in [0.5, 0.6) is 0 Å². The summed E-state index contributed by atoms with van der Waals surface area (Å²) in [4.78, 5) is 25.9. The van der Waals surface area contributed by atoms with E-state index in [9.17, 15) is 22.4 Å². The van der Waals surface area contributed by atoms with E-state index in [-0.39, 0.29) is 10.9 Å². The second-order valence-electron chi connectivity index (χ2n) is 7.89. The van der Waals surface area contributed by atoms with Crippen LogP contribution in [-0.4, -0.2) is 55.3 Å². The Morgan fingerprint density at radius 1 is 1.18 bits per heavy atom. The van der Waals surface area contributed by atoms with E-state index >= 15 is 0 Å². The molecule has 9 heteroatoms. The molecule has 0 radical (unpaired) electrons. The van der Waals surface area contributed by atoms with E-state index in [1.165, 1.54) is 11.8 Å². The summed E-state index contributed by atoms with van der Waals surface area (Å²) in [5.41, 5.74) is -0.592. The van der Waals surface area contributed by atoms with E-state index in [2.05, 4.69) is 5.32 Å². The molecule has 0 saturated carbocycles. The summed E-state index contributed by atoms with van der Waals surface area (Å²) in [7, 11) is -3.90. The zero-order chi connectivity index (χ0) is 21.1. The van der Waals surface area contributed by atoms with Gasteiger partial charge in [0.2, 0.25) is 5.91 Å². The first-order valence-electron chi connectivity index (χ1n) is 9.18. The van der Waals surface area contributed by atoms with Crippen LogP contribution < -0.4 is 5.32 Å². The predicted octanol–water partition coefficient (Wildman–Crippen LogP) is 2.50. The van der Waals surface area contributed by atoms with Crippen LogP contribution in [0.2, 0.25) is 0 Å². The number of amides is 2. The Morgan fingerprint density at radius 3 is 2.21 bits per heavy atom. The van der Waals surface area contributed by atoms with Gasteiger partial charge in [-0.25, -0.2) is 17.6 Å². The highest BCUT2D eigenvalue weighted by molar-refractivity contribution is 7.92. The van der Waals surface area contributed by atoms with Crippen molar-refractivity contribution in [3.8, 4) is 0 Å². The van der Waals surface area contributed by atoms with Gasteiger partial charge in [-0.3, -0.25) is 4.79 Å². The molecule has 1 N–H and O–H groups in total. The molecule has 1 aliphatic heterocycles. The van der Waals surface area contributed by atoms with E-state index in [0.29, 0.717) is 25.9 Å². The van der Waals surface area contributed by atoms with Crippen LogP contribution in [0.3, 0.4) is 0 Å². The van der Waals surface area contributed by atoms with Gasteiger partial charge in [0.15, 0.2) is 9.84 Å². The van der Waals surface area contributed by atoms with Crippen LogP contribution >= 0.6 is 0 Å². The van der Waals surface area contributed by atoms with Crippen LogP contribution in [0.15, 0.2) is 29.2 Å². The third kappa shape index (κ3) is 5.67. The van der Waals surface area contributed by atoms with E-state index in [1.54, 1.807) is 20.8 Å². The van der Waals surface area contributed by atoms with Crippen LogP contribution in [0.4, 0.5) is 9.18 Å². The lowest BCUT2D eigenvalue weighted by molar-refractivity contribution is -0.131. The lowest BCUT2D eigenvalue weighted by Crippen LogP contribution is -2.50. The number of hydrogen-bond acceptors (Lipinski definition) is 5. The molecule has 28 heavy (non-hydrogen) atoms. The van der Waals surface area contributed by atoms with Crippen molar-refractivity contribution in [2.75, 3.05) is 13.1 Å². The summed E-state index contributed by atoms with van der Waals surface area (Å²) in [5.74, 6) is -1.04. The second kappa shape index (κ2) is 8.46. The molecule has 1 unspecified atom stereocenters. The number of alkyl carbamates (subject to hydrolysis) is 1. The Labute approximate surface area is 165 Å². The molecule has 0 spiro atoms. The maximum absolute atomic E-state index is 13.0. The number of rotatable bonds is 4. The minimum Gasteiger partial charge on any atom is -0.444 e. The molecule has 0 aromatic heterocycles. The van der Waals surface area contributed by atoms with E-state index < -0.39 is 38.5 Å². The first-order chi connectivity index (χ1) is 12.9. The van der Waals surface area contributed by atoms with Gasteiger partial charge in [0.1, 0.15) is 16.7 Å². The fraction of sp³-hybridized carbons (Fsp3) is 0.579. The summed E-state index contributed by atoms with van der Waals surface area (Å²) in [5, 5.41) is 1.50. The average molecular weight is 414 g/mol. The van der Waals surface area contributed by atoms with Gasteiger partial charge < -0.3 is 15.0 Å². The molecule has 1 saturated heterocycles. The number of halogens is 1. The lowest BCUT2D eigenvalue weighted by Gasteiger charge is -2.34. The predicted molar refractivity (Wildman–Crippen MR) is 102 cm³/mol. The normalized spacial score (nSPS) is 17.1. The van der Waals surface area contributed by atoms with Gasteiger partial charge in [0, 0.05) is 19.1 Å². The van der Waals surface area contributed by atoms with Gasteiger partial charge in [-0.15, -0.1) is 0 Å². The number of hydrogen-bond donors (Lipinski definition) is 1. The van der Waals surface area contributed by atoms with Crippen molar-refractivity contribution in [1.29, 1.82) is 0 Å². The molecule has 1 fully saturated rings. The highest BCUT2D eigenvalue weighted by Crippen LogP contribution is 2.20. The number of nitrogens with one attached hydrogen (secondary N) is 1. The van der Waals surface area contributed by atoms with Crippen molar-refractivity contribution in [3.05, 3.63) is 30.1 Å². The first-order valence-corrected chi connectivity index (χ1v) is 10.7. The lowest BCUT2D eigenvalue weighted by atomic mass is 10.0. The van der Waals surface area contributed by atoms with Crippen molar-refractivity contribution >= 4 is 21.8 Å². The summed E-state index contributed by atoms with van der Waals surface area (Å²) >= 11 is 0. The number of nitrogens with zero attached hydrogens (tertiary/aromatic N) is 1. The molecule has 1 aromatic rings. The maximum atomic E-state index is 13.0. The van der Waals surface area contributed by atoms with Crippen molar-refractivity contribution < 1.29 is 27.1 Å². The SMILES string of the molecule is CC(C(=O)N1CCC(NC(=O)OC(C)(C)C)CC1)S(=O)(=O)c1ccc(F)cc1. The van der Waals surface area contributed by atoms with E-state index in [0.717, 1.165) is 24.3 Å². The third-order valence-corrected chi connectivity index (χ3v) is 6.54. The number of piperidine rings is 1. The average Bonchev–Trinajstić information content (AvgIpc) is 2.59. The number of sulfone groups is 1. The second-order valence-corrected chi connectivity index (χ2v) is 10.2.